The number of imidazole rings is 1. The van der Waals surface area contributed by atoms with E-state index in [2.05, 4.69) is 44.4 Å². The van der Waals surface area contributed by atoms with Gasteiger partial charge >= 0.3 is 6.09 Å². The molecule has 0 bridgehead atoms. The molecule has 1 aliphatic heterocycles. The Morgan fingerprint density at radius 3 is 2.55 bits per heavy atom. The van der Waals surface area contributed by atoms with Crippen LogP contribution in [0.5, 0.6) is 0 Å². The first-order valence-electron chi connectivity index (χ1n) is 11.4. The van der Waals surface area contributed by atoms with Gasteiger partial charge in [-0.05, 0) is 37.1 Å². The van der Waals surface area contributed by atoms with Gasteiger partial charge in [-0.15, -0.1) is 0 Å². The molecule has 0 unspecified atom stereocenters. The van der Waals surface area contributed by atoms with Gasteiger partial charge in [0.15, 0.2) is 0 Å². The smallest absolute Gasteiger partial charge is 0.404 e. The number of amides is 1. The normalized spacial score (nSPS) is 15.2. The Morgan fingerprint density at radius 2 is 1.73 bits per heavy atom. The number of anilines is 1. The number of benzene rings is 2. The van der Waals surface area contributed by atoms with Gasteiger partial charge in [-0.25, -0.2) is 9.78 Å². The zero-order valence-electron chi connectivity index (χ0n) is 18.4. The molecule has 5 rings (SSSR count). The molecule has 1 amide bonds. The van der Waals surface area contributed by atoms with E-state index in [1.165, 1.54) is 0 Å². The van der Waals surface area contributed by atoms with Crippen molar-refractivity contribution in [3.8, 4) is 0 Å². The third kappa shape index (κ3) is 4.90. The Balaban J connectivity index is 1.31. The van der Waals surface area contributed by atoms with Crippen molar-refractivity contribution in [2.24, 2.45) is 0 Å². The van der Waals surface area contributed by atoms with E-state index in [1.54, 1.807) is 0 Å². The van der Waals surface area contributed by atoms with Crippen LogP contribution < -0.4 is 10.6 Å². The summed E-state index contributed by atoms with van der Waals surface area (Å²) in [6, 6.07) is 20.9. The average molecular weight is 445 g/mol. The summed E-state index contributed by atoms with van der Waals surface area (Å²) in [5.41, 5.74) is 4.06. The van der Waals surface area contributed by atoms with Crippen LogP contribution in [0.15, 0.2) is 60.7 Å². The first-order chi connectivity index (χ1) is 16.2. The van der Waals surface area contributed by atoms with Gasteiger partial charge in [0, 0.05) is 37.6 Å². The quantitative estimate of drug-likeness (QED) is 0.402. The largest absolute Gasteiger partial charge is 0.465 e. The monoisotopic (exact) mass is 444 g/mol. The van der Waals surface area contributed by atoms with Crippen LogP contribution in [0.1, 0.15) is 18.5 Å². The summed E-state index contributed by atoms with van der Waals surface area (Å²) in [6.07, 6.45) is 1.01. The van der Waals surface area contributed by atoms with Crippen LogP contribution in [-0.4, -0.2) is 62.9 Å². The lowest BCUT2D eigenvalue weighted by atomic mass is 10.1. The van der Waals surface area contributed by atoms with Crippen LogP contribution in [0.4, 0.5) is 10.7 Å². The number of fused-ring (bicyclic) bond motifs is 2. The van der Waals surface area contributed by atoms with Gasteiger partial charge in [0.25, 0.3) is 0 Å². The SMILES string of the molecule is O=C(O)NCCN1CCC(Nc2nc3ccccc3n2Cc2ccc3ccccc3n2)CC1. The van der Waals surface area contributed by atoms with Gasteiger partial charge in [0.05, 0.1) is 28.8 Å². The topological polar surface area (TPSA) is 95.3 Å². The molecule has 2 aromatic carbocycles. The second-order valence-electron chi connectivity index (χ2n) is 8.50. The summed E-state index contributed by atoms with van der Waals surface area (Å²) in [6.45, 7) is 3.72. The van der Waals surface area contributed by atoms with E-state index in [-0.39, 0.29) is 0 Å². The van der Waals surface area contributed by atoms with Crippen LogP contribution >= 0.6 is 0 Å². The summed E-state index contributed by atoms with van der Waals surface area (Å²) in [4.78, 5) is 22.7. The first kappa shape index (κ1) is 21.2. The molecule has 170 valence electrons. The molecule has 8 heteroatoms. The van der Waals surface area contributed by atoms with Crippen molar-refractivity contribution in [1.82, 2.24) is 24.8 Å². The van der Waals surface area contributed by atoms with Gasteiger partial charge in [0.2, 0.25) is 5.95 Å². The Kier molecular flexibility index (Phi) is 6.08. The van der Waals surface area contributed by atoms with E-state index >= 15 is 0 Å². The number of rotatable bonds is 7. The molecule has 8 nitrogen and oxygen atoms in total. The molecule has 1 saturated heterocycles. The number of hydrogen-bond acceptors (Lipinski definition) is 5. The average Bonchev–Trinajstić information content (AvgIpc) is 3.17. The molecule has 0 spiro atoms. The third-order valence-corrected chi connectivity index (χ3v) is 6.26. The van der Waals surface area contributed by atoms with Gasteiger partial charge in [0.1, 0.15) is 0 Å². The molecule has 3 N–H and O–H groups in total. The van der Waals surface area contributed by atoms with E-state index < -0.39 is 6.09 Å². The number of aromatic nitrogens is 3. The molecule has 0 radical (unpaired) electrons. The Hall–Kier alpha value is -3.65. The lowest BCUT2D eigenvalue weighted by Crippen LogP contribution is -2.42. The number of para-hydroxylation sites is 3. The second-order valence-corrected chi connectivity index (χ2v) is 8.50. The highest BCUT2D eigenvalue weighted by Crippen LogP contribution is 2.24. The maximum atomic E-state index is 10.6. The Morgan fingerprint density at radius 1 is 0.970 bits per heavy atom. The fraction of sp³-hybridized carbons (Fsp3) is 0.320. The van der Waals surface area contributed by atoms with E-state index in [9.17, 15) is 4.79 Å². The zero-order chi connectivity index (χ0) is 22.6. The minimum Gasteiger partial charge on any atom is -0.465 e. The molecule has 1 fully saturated rings. The Bertz CT molecular complexity index is 1260. The zero-order valence-corrected chi connectivity index (χ0v) is 18.4. The van der Waals surface area contributed by atoms with Crippen LogP contribution in [0.3, 0.4) is 0 Å². The maximum Gasteiger partial charge on any atom is 0.404 e. The molecule has 2 aromatic heterocycles. The van der Waals surface area contributed by atoms with Crippen LogP contribution in [0.25, 0.3) is 21.9 Å². The fourth-order valence-corrected chi connectivity index (χ4v) is 4.51. The van der Waals surface area contributed by atoms with Crippen molar-refractivity contribution in [2.45, 2.75) is 25.4 Å². The summed E-state index contributed by atoms with van der Waals surface area (Å²) in [5.74, 6) is 0.872. The van der Waals surface area contributed by atoms with E-state index in [0.717, 1.165) is 66.1 Å². The third-order valence-electron chi connectivity index (χ3n) is 6.26. The van der Waals surface area contributed by atoms with E-state index in [4.69, 9.17) is 15.1 Å². The maximum absolute atomic E-state index is 10.6. The van der Waals surface area contributed by atoms with Crippen molar-refractivity contribution >= 4 is 34.0 Å². The highest BCUT2D eigenvalue weighted by Gasteiger charge is 2.21. The van der Waals surface area contributed by atoms with Gasteiger partial charge in [-0.2, -0.15) is 0 Å². The number of likely N-dealkylation sites (tertiary alicyclic amines) is 1. The number of pyridine rings is 1. The minimum atomic E-state index is -0.966. The van der Waals surface area contributed by atoms with Gasteiger partial charge in [-0.1, -0.05) is 36.4 Å². The molecule has 33 heavy (non-hydrogen) atoms. The summed E-state index contributed by atoms with van der Waals surface area (Å²) < 4.78 is 2.22. The van der Waals surface area contributed by atoms with Crippen molar-refractivity contribution in [2.75, 3.05) is 31.5 Å². The minimum absolute atomic E-state index is 0.328. The van der Waals surface area contributed by atoms with Crippen molar-refractivity contribution < 1.29 is 9.90 Å². The number of hydrogen-bond donors (Lipinski definition) is 3. The highest BCUT2D eigenvalue weighted by molar-refractivity contribution is 5.80. The molecule has 4 aromatic rings. The van der Waals surface area contributed by atoms with Crippen LogP contribution in [0.2, 0.25) is 0 Å². The van der Waals surface area contributed by atoms with Gasteiger partial charge in [-0.3, -0.25) is 4.98 Å². The van der Waals surface area contributed by atoms with Crippen molar-refractivity contribution in [3.05, 3.63) is 66.4 Å². The number of carboxylic acid groups (broad SMARTS) is 1. The lowest BCUT2D eigenvalue weighted by Gasteiger charge is -2.32. The number of nitrogens with zero attached hydrogens (tertiary/aromatic N) is 4. The molecule has 0 aliphatic carbocycles. The predicted molar refractivity (Wildman–Crippen MR) is 130 cm³/mol. The molecular formula is C25H28N6O2. The predicted octanol–water partition coefficient (Wildman–Crippen LogP) is 3.78. The van der Waals surface area contributed by atoms with Crippen molar-refractivity contribution in [1.29, 1.82) is 0 Å². The number of piperidine rings is 1. The summed E-state index contributed by atoms with van der Waals surface area (Å²) in [7, 11) is 0. The lowest BCUT2D eigenvalue weighted by molar-refractivity contribution is 0.186. The van der Waals surface area contributed by atoms with Gasteiger partial charge < -0.3 is 25.2 Å². The molecular weight excluding hydrogens is 416 g/mol. The number of nitrogens with one attached hydrogen (secondary N) is 2. The Labute approximate surface area is 192 Å². The van der Waals surface area contributed by atoms with Crippen LogP contribution in [-0.2, 0) is 6.54 Å². The van der Waals surface area contributed by atoms with E-state index in [0.29, 0.717) is 19.1 Å². The van der Waals surface area contributed by atoms with E-state index in [1.807, 2.05) is 36.4 Å². The summed E-state index contributed by atoms with van der Waals surface area (Å²) >= 11 is 0. The van der Waals surface area contributed by atoms with Crippen molar-refractivity contribution in [3.63, 3.8) is 0 Å². The standard InChI is InChI=1S/C25H28N6O2/c32-25(33)26-13-16-30-14-11-19(12-15-30)28-24-29-22-7-3-4-8-23(22)31(24)17-20-10-9-18-5-1-2-6-21(18)27-20/h1-10,19,26H,11-17H2,(H,28,29)(H,32,33). The number of carbonyl (C=O) groups is 1. The highest BCUT2D eigenvalue weighted by atomic mass is 16.4. The van der Waals surface area contributed by atoms with Crippen LogP contribution in [0, 0.1) is 0 Å². The summed E-state index contributed by atoms with van der Waals surface area (Å²) in [5, 5.41) is 16.0. The molecule has 0 atom stereocenters. The molecule has 0 saturated carbocycles. The first-order valence-corrected chi connectivity index (χ1v) is 11.4. The molecule has 3 heterocycles. The second kappa shape index (κ2) is 9.46. The fourth-order valence-electron chi connectivity index (χ4n) is 4.51. The molecule has 1 aliphatic rings.